The van der Waals surface area contributed by atoms with Crippen LogP contribution in [-0.2, 0) is 67.0 Å². The van der Waals surface area contributed by atoms with Crippen molar-refractivity contribution in [2.24, 2.45) is 0 Å². The van der Waals surface area contributed by atoms with Crippen LogP contribution in [0.1, 0.15) is 0 Å². The second kappa shape index (κ2) is 13.9. The Morgan fingerprint density at radius 1 is 0.341 bits per heavy atom. The molecule has 0 radical (unpaired) electrons. The van der Waals surface area contributed by atoms with Crippen LogP contribution in [0.5, 0.6) is 0 Å². The van der Waals surface area contributed by atoms with Crippen LogP contribution in [0, 0.1) is 9.54 Å². The maximum atomic E-state index is 5.56. The predicted octanol–water partition coefficient (Wildman–Crippen LogP) is 7.62. The van der Waals surface area contributed by atoms with Crippen LogP contribution in [0.25, 0.3) is 22.7 Å². The van der Waals surface area contributed by atoms with E-state index in [1.54, 1.807) is 0 Å². The largest absolute Gasteiger partial charge is 0.762 e. The Hall–Kier alpha value is -2.89. The number of imidazole rings is 2. The summed E-state index contributed by atoms with van der Waals surface area (Å²) < 4.78 is 8.52. The van der Waals surface area contributed by atoms with Crippen molar-refractivity contribution in [2.75, 3.05) is 0 Å². The summed E-state index contributed by atoms with van der Waals surface area (Å²) in [5.74, 6) is 0. The molecule has 4 aromatic carbocycles. The quantitative estimate of drug-likeness (QED) is 0.107. The second-order valence-corrected chi connectivity index (χ2v) is 10.7. The molecule has 210 valence electrons. The molecule has 0 aliphatic carbocycles. The molecule has 0 saturated carbocycles. The molecule has 0 unspecified atom stereocenters. The number of aromatic nitrogens is 4. The molecule has 0 bridgehead atoms. The fourth-order valence-corrected chi connectivity index (χ4v) is 6.30. The van der Waals surface area contributed by atoms with E-state index in [2.05, 4.69) is 0 Å². The van der Waals surface area contributed by atoms with Gasteiger partial charge >= 0.3 is 0 Å². The van der Waals surface area contributed by atoms with Crippen molar-refractivity contribution >= 4 is 75.0 Å². The van der Waals surface area contributed by atoms with Crippen LogP contribution in [-0.4, -0.2) is 18.3 Å². The maximum absolute atomic E-state index is 5.56. The molecule has 6 rings (SSSR count). The average molecular weight is 688 g/mol. The predicted molar refractivity (Wildman–Crippen MR) is 174 cm³/mol. The summed E-state index contributed by atoms with van der Waals surface area (Å²) in [7, 11) is 0. The van der Waals surface area contributed by atoms with Gasteiger partial charge in [0.15, 0.2) is 9.54 Å². The Balaban J connectivity index is 0.000000184. The third-order valence-electron chi connectivity index (χ3n) is 6.00. The molecule has 41 heavy (non-hydrogen) atoms. The van der Waals surface area contributed by atoms with Gasteiger partial charge in [0.2, 0.25) is 0 Å². The number of benzene rings is 4. The van der Waals surface area contributed by atoms with E-state index in [1.165, 1.54) is 0 Å². The van der Waals surface area contributed by atoms with E-state index in [0.29, 0.717) is 29.6 Å². The first-order valence-corrected chi connectivity index (χ1v) is 14.5. The van der Waals surface area contributed by atoms with Crippen LogP contribution in [0.2, 0.25) is 0 Å². The Morgan fingerprint density at radius 3 is 0.683 bits per heavy atom. The topological polar surface area (TPSA) is 19.7 Å². The van der Waals surface area contributed by atoms with Crippen molar-refractivity contribution in [3.8, 4) is 22.7 Å². The minimum atomic E-state index is 0. The van der Waals surface area contributed by atoms with Gasteiger partial charge in [0.1, 0.15) is 0 Å². The van der Waals surface area contributed by atoms with Crippen LogP contribution in [0.15, 0.2) is 141 Å². The Bertz CT molecular complexity index is 1590. The molecular formula is C30H20N4NiS6-4. The van der Waals surface area contributed by atoms with Gasteiger partial charge in [0.25, 0.3) is 0 Å². The van der Waals surface area contributed by atoms with Gasteiger partial charge in [-0.3, -0.25) is 0 Å². The van der Waals surface area contributed by atoms with Crippen molar-refractivity contribution < 1.29 is 16.5 Å². The van der Waals surface area contributed by atoms with E-state index < -0.39 is 0 Å². The van der Waals surface area contributed by atoms with Crippen LogP contribution < -0.4 is 0 Å². The number of nitrogens with zero attached hydrogens (tertiary/aromatic N) is 4. The molecule has 0 atom stereocenters. The normalized spacial score (nSPS) is 10.3. The van der Waals surface area contributed by atoms with E-state index in [-0.39, 0.29) is 16.5 Å². The van der Waals surface area contributed by atoms with E-state index in [4.69, 9.17) is 75.0 Å². The number of hydrogen-bond acceptors (Lipinski definition) is 6. The summed E-state index contributed by atoms with van der Waals surface area (Å²) in [6.07, 6.45) is 0. The monoisotopic (exact) mass is 686 g/mol. The second-order valence-electron chi connectivity index (χ2n) is 8.47. The van der Waals surface area contributed by atoms with Gasteiger partial charge in [-0.15, -0.1) is 20.1 Å². The zero-order valence-electron chi connectivity index (χ0n) is 21.1. The molecule has 0 N–H and O–H groups in total. The number of rotatable bonds is 4. The number of hydrogen-bond donors (Lipinski definition) is 0. The van der Waals surface area contributed by atoms with Gasteiger partial charge in [-0.05, 0) is 73.0 Å². The Labute approximate surface area is 281 Å². The van der Waals surface area contributed by atoms with Crippen molar-refractivity contribution in [2.45, 2.75) is 20.1 Å². The Kier molecular flexibility index (Phi) is 10.5. The van der Waals surface area contributed by atoms with Crippen molar-refractivity contribution in [3.63, 3.8) is 0 Å². The molecular weight excluding hydrogens is 667 g/mol. The molecule has 11 heteroatoms. The van der Waals surface area contributed by atoms with Crippen LogP contribution in [0.3, 0.4) is 0 Å². The van der Waals surface area contributed by atoms with Crippen molar-refractivity contribution in [1.82, 2.24) is 18.3 Å². The molecule has 4 nitrogen and oxygen atoms in total. The smallest absolute Gasteiger partial charge is 0.186 e. The van der Waals surface area contributed by atoms with Crippen molar-refractivity contribution in [3.05, 3.63) is 131 Å². The van der Waals surface area contributed by atoms with E-state index in [1.807, 2.05) is 140 Å². The van der Waals surface area contributed by atoms with Gasteiger partial charge in [-0.2, -0.15) is 0 Å². The first-order chi connectivity index (χ1) is 19.4. The summed E-state index contributed by atoms with van der Waals surface area (Å²) in [5.41, 5.74) is 3.73. The minimum absolute atomic E-state index is 0. The molecule has 0 aliphatic heterocycles. The SMILES string of the molecule is S=c1n(-c2ccccc2)c([S-])c([S-])n1-c1ccccc1.S=c1n(-c2ccccc2)c([S-])c([S-])n1-c1ccccc1.[Ni]. The molecule has 2 aromatic heterocycles. The van der Waals surface area contributed by atoms with Gasteiger partial charge in [-0.1, -0.05) is 72.8 Å². The molecule has 0 aliphatic rings. The van der Waals surface area contributed by atoms with Gasteiger partial charge in [-0.25, -0.2) is 0 Å². The summed E-state index contributed by atoms with van der Waals surface area (Å²) in [6.45, 7) is 0. The molecule has 2 heterocycles. The molecule has 0 amide bonds. The zero-order valence-corrected chi connectivity index (χ0v) is 27.0. The molecule has 0 fully saturated rings. The molecule has 0 spiro atoms. The van der Waals surface area contributed by atoms with Gasteiger partial charge < -0.3 is 68.8 Å². The van der Waals surface area contributed by atoms with Crippen LogP contribution in [0.4, 0.5) is 0 Å². The Morgan fingerprint density at radius 2 is 0.512 bits per heavy atom. The number of para-hydroxylation sites is 4. The molecule has 0 saturated heterocycles. The summed E-state index contributed by atoms with van der Waals surface area (Å²) in [4.78, 5) is 0. The summed E-state index contributed by atoms with van der Waals surface area (Å²) >= 11 is 32.9. The van der Waals surface area contributed by atoms with Crippen LogP contribution >= 0.6 is 24.4 Å². The fraction of sp³-hybridized carbons (Fsp3) is 0. The summed E-state index contributed by atoms with van der Waals surface area (Å²) in [5, 5.41) is 2.28. The third kappa shape index (κ3) is 6.32. The maximum Gasteiger partial charge on any atom is 0.186 e. The molecule has 6 aromatic rings. The standard InChI is InChI=1S/2C15H12N2S3.Ni/c2*18-13-14(19)17(12-9-5-2-6-10-12)15(20)16(13)11-7-3-1-4-8-11;/h2*1-10,18-19H;/p-4. The zero-order chi connectivity index (χ0) is 28.2. The first kappa shape index (κ1) is 31.1. The van der Waals surface area contributed by atoms with E-state index >= 15 is 0 Å². The van der Waals surface area contributed by atoms with E-state index in [0.717, 1.165) is 22.7 Å². The average Bonchev–Trinajstić information content (AvgIpc) is 3.36. The van der Waals surface area contributed by atoms with Crippen molar-refractivity contribution in [1.29, 1.82) is 0 Å². The first-order valence-electron chi connectivity index (χ1n) is 12.1. The van der Waals surface area contributed by atoms with E-state index in [9.17, 15) is 0 Å². The summed E-state index contributed by atoms with van der Waals surface area (Å²) in [6, 6.07) is 39.2. The van der Waals surface area contributed by atoms with Gasteiger partial charge in [0, 0.05) is 39.2 Å². The van der Waals surface area contributed by atoms with Gasteiger partial charge in [0.05, 0.1) is 0 Å². The fourth-order valence-electron chi connectivity index (χ4n) is 4.15. The minimum Gasteiger partial charge on any atom is -0.762 e. The third-order valence-corrected chi connectivity index (χ3v) is 8.49.